The number of thioether (sulfide) groups is 1. The van der Waals surface area contributed by atoms with E-state index < -0.39 is 17.2 Å². The van der Waals surface area contributed by atoms with Gasteiger partial charge >= 0.3 is 0 Å². The molecule has 1 N–H and O–H groups in total. The third-order valence-corrected chi connectivity index (χ3v) is 2.64. The van der Waals surface area contributed by atoms with Crippen LogP contribution >= 0.6 is 11.8 Å². The molecule has 0 unspecified atom stereocenters. The normalized spacial score (nSPS) is 11.9. The molecule has 78 valence electrons. The van der Waals surface area contributed by atoms with Gasteiger partial charge in [-0.25, -0.2) is 8.78 Å². The molecule has 0 aliphatic rings. The Hall–Kier alpha value is -0.610. The highest BCUT2D eigenvalue weighted by Crippen LogP contribution is 2.31. The molecule has 0 aliphatic carbocycles. The van der Waals surface area contributed by atoms with Gasteiger partial charge in [0, 0.05) is 4.90 Å². The van der Waals surface area contributed by atoms with E-state index in [9.17, 15) is 13.9 Å². The Balaban J connectivity index is 3.40. The Kier molecular flexibility index (Phi) is 3.17. The summed E-state index contributed by atoms with van der Waals surface area (Å²) in [6, 6.07) is 2.53. The predicted octanol–water partition coefficient (Wildman–Crippen LogP) is 2.91. The molecule has 1 aromatic carbocycles. The van der Waals surface area contributed by atoms with Crippen LogP contribution in [-0.4, -0.2) is 11.4 Å². The van der Waals surface area contributed by atoms with Crippen LogP contribution in [0.5, 0.6) is 0 Å². The van der Waals surface area contributed by atoms with Crippen molar-refractivity contribution in [3.05, 3.63) is 29.3 Å². The second-order valence-corrected chi connectivity index (χ2v) is 4.35. The first-order valence-corrected chi connectivity index (χ1v) is 5.35. The van der Waals surface area contributed by atoms with E-state index in [1.54, 1.807) is 6.26 Å². The van der Waals surface area contributed by atoms with Crippen LogP contribution in [0.2, 0.25) is 0 Å². The van der Waals surface area contributed by atoms with E-state index >= 15 is 0 Å². The second kappa shape index (κ2) is 3.87. The first-order valence-electron chi connectivity index (χ1n) is 4.12. The summed E-state index contributed by atoms with van der Waals surface area (Å²) in [5.74, 6) is -1.39. The molecule has 0 atom stereocenters. The number of hydrogen-bond donors (Lipinski definition) is 1. The summed E-state index contributed by atoms with van der Waals surface area (Å²) >= 11 is 1.18. The summed E-state index contributed by atoms with van der Waals surface area (Å²) in [4.78, 5) is 0.337. The molecule has 4 heteroatoms. The third kappa shape index (κ3) is 2.07. The average Bonchev–Trinajstić information content (AvgIpc) is 2.02. The molecule has 0 aromatic heterocycles. The van der Waals surface area contributed by atoms with E-state index in [0.29, 0.717) is 4.90 Å². The summed E-state index contributed by atoms with van der Waals surface area (Å²) in [5, 5.41) is 9.58. The molecule has 0 radical (unpaired) electrons. The van der Waals surface area contributed by atoms with Gasteiger partial charge in [-0.2, -0.15) is 0 Å². The van der Waals surface area contributed by atoms with Crippen LogP contribution in [-0.2, 0) is 5.60 Å². The van der Waals surface area contributed by atoms with Gasteiger partial charge in [-0.1, -0.05) is 0 Å². The SMILES string of the molecule is CSc1ccc(F)c(C(C)(C)O)c1F. The quantitative estimate of drug-likeness (QED) is 0.770. The molecule has 1 nitrogen and oxygen atoms in total. The molecule has 0 heterocycles. The number of rotatable bonds is 2. The van der Waals surface area contributed by atoms with Crippen molar-refractivity contribution in [2.24, 2.45) is 0 Å². The first-order chi connectivity index (χ1) is 6.38. The van der Waals surface area contributed by atoms with Crippen LogP contribution in [0.25, 0.3) is 0 Å². The molecule has 0 amide bonds. The standard InChI is InChI=1S/C10H12F2OS/c1-10(2,13)8-6(11)4-5-7(14-3)9(8)12/h4-5,13H,1-3H3. The van der Waals surface area contributed by atoms with Crippen molar-refractivity contribution in [1.29, 1.82) is 0 Å². The van der Waals surface area contributed by atoms with E-state index in [4.69, 9.17) is 0 Å². The molecule has 0 saturated carbocycles. The Bertz CT molecular complexity index is 345. The van der Waals surface area contributed by atoms with Crippen molar-refractivity contribution in [3.8, 4) is 0 Å². The lowest BCUT2D eigenvalue weighted by Crippen LogP contribution is -2.20. The minimum atomic E-state index is -1.50. The fourth-order valence-corrected chi connectivity index (χ4v) is 1.74. The summed E-state index contributed by atoms with van der Waals surface area (Å²) in [5.41, 5.74) is -1.77. The van der Waals surface area contributed by atoms with Gasteiger partial charge < -0.3 is 5.11 Å². The summed E-state index contributed by atoms with van der Waals surface area (Å²) in [6.07, 6.45) is 1.70. The Labute approximate surface area is 86.1 Å². The first kappa shape index (κ1) is 11.5. The third-order valence-electron chi connectivity index (χ3n) is 1.89. The minimum Gasteiger partial charge on any atom is -0.386 e. The van der Waals surface area contributed by atoms with E-state index in [1.165, 1.54) is 37.7 Å². The van der Waals surface area contributed by atoms with Crippen LogP contribution in [0, 0.1) is 11.6 Å². The molecule has 0 aliphatic heterocycles. The summed E-state index contributed by atoms with van der Waals surface area (Å²) in [7, 11) is 0. The van der Waals surface area contributed by atoms with Crippen LogP contribution in [0.1, 0.15) is 19.4 Å². The predicted molar refractivity (Wildman–Crippen MR) is 53.4 cm³/mol. The maximum absolute atomic E-state index is 13.6. The minimum absolute atomic E-state index is 0.274. The van der Waals surface area contributed by atoms with Crippen molar-refractivity contribution < 1.29 is 13.9 Å². The van der Waals surface area contributed by atoms with Crippen molar-refractivity contribution in [1.82, 2.24) is 0 Å². The maximum atomic E-state index is 13.6. The van der Waals surface area contributed by atoms with Gasteiger partial charge in [0.05, 0.1) is 11.2 Å². The average molecular weight is 218 g/mol. The molecule has 0 saturated heterocycles. The lowest BCUT2D eigenvalue weighted by atomic mass is 9.97. The fourth-order valence-electron chi connectivity index (χ4n) is 1.25. The van der Waals surface area contributed by atoms with Gasteiger partial charge in [-0.15, -0.1) is 11.8 Å². The lowest BCUT2D eigenvalue weighted by molar-refractivity contribution is 0.0696. The van der Waals surface area contributed by atoms with Crippen molar-refractivity contribution in [2.75, 3.05) is 6.26 Å². The monoisotopic (exact) mass is 218 g/mol. The van der Waals surface area contributed by atoms with Crippen molar-refractivity contribution in [3.63, 3.8) is 0 Å². The summed E-state index contributed by atoms with van der Waals surface area (Å²) in [6.45, 7) is 2.72. The Morgan fingerprint density at radius 3 is 2.29 bits per heavy atom. The van der Waals surface area contributed by atoms with Gasteiger partial charge in [0.25, 0.3) is 0 Å². The highest BCUT2D eigenvalue weighted by molar-refractivity contribution is 7.98. The Morgan fingerprint density at radius 1 is 1.29 bits per heavy atom. The molecule has 0 fully saturated rings. The molecule has 1 rings (SSSR count). The van der Waals surface area contributed by atoms with Crippen molar-refractivity contribution >= 4 is 11.8 Å². The zero-order valence-corrected chi connectivity index (χ0v) is 9.08. The van der Waals surface area contributed by atoms with Gasteiger partial charge in [0.15, 0.2) is 0 Å². The van der Waals surface area contributed by atoms with Gasteiger partial charge in [0.2, 0.25) is 0 Å². The topological polar surface area (TPSA) is 20.2 Å². The van der Waals surface area contributed by atoms with Crippen molar-refractivity contribution in [2.45, 2.75) is 24.3 Å². The molecule has 0 bridgehead atoms. The van der Waals surface area contributed by atoms with Crippen LogP contribution in [0.3, 0.4) is 0 Å². The van der Waals surface area contributed by atoms with E-state index in [-0.39, 0.29) is 5.56 Å². The fraction of sp³-hybridized carbons (Fsp3) is 0.400. The molecular formula is C10H12F2OS. The molecule has 1 aromatic rings. The number of benzene rings is 1. The van der Waals surface area contributed by atoms with Gasteiger partial charge in [-0.05, 0) is 32.2 Å². The van der Waals surface area contributed by atoms with Gasteiger partial charge in [-0.3, -0.25) is 0 Å². The second-order valence-electron chi connectivity index (χ2n) is 3.50. The van der Waals surface area contributed by atoms with E-state index in [1.807, 2.05) is 0 Å². The number of hydrogen-bond acceptors (Lipinski definition) is 2. The zero-order chi connectivity index (χ0) is 10.9. The molecular weight excluding hydrogens is 206 g/mol. The van der Waals surface area contributed by atoms with Gasteiger partial charge in [0.1, 0.15) is 11.6 Å². The van der Waals surface area contributed by atoms with Crippen LogP contribution in [0.4, 0.5) is 8.78 Å². The summed E-state index contributed by atoms with van der Waals surface area (Å²) < 4.78 is 26.9. The smallest absolute Gasteiger partial charge is 0.145 e. The highest BCUT2D eigenvalue weighted by Gasteiger charge is 2.26. The highest BCUT2D eigenvalue weighted by atomic mass is 32.2. The molecule has 14 heavy (non-hydrogen) atoms. The van der Waals surface area contributed by atoms with Crippen LogP contribution < -0.4 is 0 Å². The van der Waals surface area contributed by atoms with E-state index in [0.717, 1.165) is 0 Å². The number of aliphatic hydroxyl groups is 1. The lowest BCUT2D eigenvalue weighted by Gasteiger charge is -2.20. The van der Waals surface area contributed by atoms with E-state index in [2.05, 4.69) is 0 Å². The maximum Gasteiger partial charge on any atom is 0.145 e. The molecule has 0 spiro atoms. The largest absolute Gasteiger partial charge is 0.386 e. The zero-order valence-electron chi connectivity index (χ0n) is 8.27. The van der Waals surface area contributed by atoms with Crippen LogP contribution in [0.15, 0.2) is 17.0 Å². The Morgan fingerprint density at radius 2 is 1.86 bits per heavy atom. The number of halogens is 2.